The molecule has 0 bridgehead atoms. The summed E-state index contributed by atoms with van der Waals surface area (Å²) in [7, 11) is 0. The summed E-state index contributed by atoms with van der Waals surface area (Å²) in [6, 6.07) is 0. The third kappa shape index (κ3) is 6.89. The molecule has 0 aliphatic heterocycles. The second-order valence-electron chi connectivity index (χ2n) is 3.82. The van der Waals surface area contributed by atoms with Gasteiger partial charge >= 0.3 is 5.97 Å². The van der Waals surface area contributed by atoms with Gasteiger partial charge in [0, 0.05) is 6.61 Å². The summed E-state index contributed by atoms with van der Waals surface area (Å²) < 4.78 is 10.5. The fourth-order valence-corrected chi connectivity index (χ4v) is 0.843. The van der Waals surface area contributed by atoms with Gasteiger partial charge in [0.1, 0.15) is 6.61 Å². The maximum atomic E-state index is 11.1. The zero-order valence-electron chi connectivity index (χ0n) is 9.71. The van der Waals surface area contributed by atoms with Crippen LogP contribution in [0.2, 0.25) is 0 Å². The Kier molecular flexibility index (Phi) is 7.48. The highest BCUT2D eigenvalue weighted by Gasteiger charge is 2.10. The molecule has 0 amide bonds. The maximum absolute atomic E-state index is 11.1. The molecule has 0 aliphatic rings. The highest BCUT2D eigenvalue weighted by molar-refractivity contribution is 5.71. The van der Waals surface area contributed by atoms with Crippen LogP contribution in [0.5, 0.6) is 0 Å². The van der Waals surface area contributed by atoms with Gasteiger partial charge < -0.3 is 9.47 Å². The van der Waals surface area contributed by atoms with Gasteiger partial charge in [0.05, 0.1) is 12.0 Å². The zero-order valence-corrected chi connectivity index (χ0v) is 9.71. The van der Waals surface area contributed by atoms with Gasteiger partial charge in [-0.1, -0.05) is 27.2 Å². The number of rotatable bonds is 7. The molecule has 0 aliphatic carbocycles. The molecule has 0 heterocycles. The molecular weight excluding hydrogens is 180 g/mol. The van der Waals surface area contributed by atoms with Gasteiger partial charge in [0.2, 0.25) is 0 Å². The van der Waals surface area contributed by atoms with E-state index in [-0.39, 0.29) is 18.0 Å². The van der Waals surface area contributed by atoms with Crippen molar-refractivity contribution in [2.24, 2.45) is 5.92 Å². The lowest BCUT2D eigenvalue weighted by Gasteiger charge is -2.14. The summed E-state index contributed by atoms with van der Waals surface area (Å²) in [6.07, 6.45) is 2.19. The number of carbonyl (C=O) groups is 1. The van der Waals surface area contributed by atoms with Crippen molar-refractivity contribution in [2.45, 2.75) is 46.6 Å². The Balaban J connectivity index is 3.43. The van der Waals surface area contributed by atoms with Crippen LogP contribution in [0.25, 0.3) is 0 Å². The molecule has 0 saturated heterocycles. The van der Waals surface area contributed by atoms with E-state index in [4.69, 9.17) is 9.47 Å². The highest BCUT2D eigenvalue weighted by Crippen LogP contribution is 2.00. The molecule has 1 unspecified atom stereocenters. The topological polar surface area (TPSA) is 35.5 Å². The summed E-state index contributed by atoms with van der Waals surface area (Å²) in [4.78, 5) is 11.1. The molecular formula is C11H22O3. The van der Waals surface area contributed by atoms with Gasteiger partial charge in [-0.2, -0.15) is 0 Å². The Morgan fingerprint density at radius 1 is 1.29 bits per heavy atom. The lowest BCUT2D eigenvalue weighted by atomic mass is 10.2. The maximum Gasteiger partial charge on any atom is 0.308 e. The van der Waals surface area contributed by atoms with E-state index < -0.39 is 0 Å². The van der Waals surface area contributed by atoms with E-state index >= 15 is 0 Å². The first kappa shape index (κ1) is 13.4. The number of ether oxygens (including phenoxy) is 2. The van der Waals surface area contributed by atoms with E-state index in [1.807, 2.05) is 20.8 Å². The van der Waals surface area contributed by atoms with Gasteiger partial charge in [-0.25, -0.2) is 0 Å². The van der Waals surface area contributed by atoms with Gasteiger partial charge in [-0.15, -0.1) is 0 Å². The van der Waals surface area contributed by atoms with Crippen LogP contribution in [-0.4, -0.2) is 25.3 Å². The van der Waals surface area contributed by atoms with Crippen LogP contribution < -0.4 is 0 Å². The molecule has 3 heteroatoms. The first-order valence-corrected chi connectivity index (χ1v) is 5.36. The van der Waals surface area contributed by atoms with E-state index in [1.165, 1.54) is 0 Å². The van der Waals surface area contributed by atoms with E-state index in [9.17, 15) is 4.79 Å². The van der Waals surface area contributed by atoms with Crippen LogP contribution >= 0.6 is 0 Å². The largest absolute Gasteiger partial charge is 0.463 e. The predicted octanol–water partition coefficient (Wildman–Crippen LogP) is 2.39. The van der Waals surface area contributed by atoms with E-state index in [0.29, 0.717) is 6.61 Å². The third-order valence-electron chi connectivity index (χ3n) is 1.83. The summed E-state index contributed by atoms with van der Waals surface area (Å²) in [5.41, 5.74) is 0. The van der Waals surface area contributed by atoms with E-state index in [1.54, 1.807) is 0 Å². The number of carbonyl (C=O) groups excluding carboxylic acids is 1. The minimum Gasteiger partial charge on any atom is -0.463 e. The van der Waals surface area contributed by atoms with Crippen molar-refractivity contribution in [3.63, 3.8) is 0 Å². The molecule has 14 heavy (non-hydrogen) atoms. The molecule has 84 valence electrons. The Hall–Kier alpha value is -0.570. The van der Waals surface area contributed by atoms with Crippen LogP contribution in [0, 0.1) is 5.92 Å². The molecule has 0 N–H and O–H groups in total. The number of hydrogen-bond acceptors (Lipinski definition) is 3. The summed E-state index contributed by atoms with van der Waals surface area (Å²) in [6.45, 7) is 8.80. The lowest BCUT2D eigenvalue weighted by molar-refractivity contribution is -0.151. The van der Waals surface area contributed by atoms with Crippen molar-refractivity contribution in [3.05, 3.63) is 0 Å². The quantitative estimate of drug-likeness (QED) is 0.469. The fraction of sp³-hybridized carbons (Fsp3) is 0.909. The molecule has 0 aromatic heterocycles. The molecule has 0 saturated carbocycles. The molecule has 3 nitrogen and oxygen atoms in total. The van der Waals surface area contributed by atoms with Crippen LogP contribution in [0.1, 0.15) is 40.5 Å². The van der Waals surface area contributed by atoms with Crippen LogP contribution in [0.3, 0.4) is 0 Å². The molecule has 0 radical (unpaired) electrons. The Morgan fingerprint density at radius 3 is 2.43 bits per heavy atom. The number of hydrogen-bond donors (Lipinski definition) is 0. The normalized spacial score (nSPS) is 12.9. The van der Waals surface area contributed by atoms with Crippen molar-refractivity contribution >= 4 is 5.97 Å². The SMILES string of the molecule is CCCCOC(C)COC(=O)C(C)C. The van der Waals surface area contributed by atoms with Crippen molar-refractivity contribution < 1.29 is 14.3 Å². The number of unbranched alkanes of at least 4 members (excludes halogenated alkanes) is 1. The standard InChI is InChI=1S/C11H22O3/c1-5-6-7-13-10(4)8-14-11(12)9(2)3/h9-10H,5-8H2,1-4H3. The molecule has 0 fully saturated rings. The van der Waals surface area contributed by atoms with E-state index in [0.717, 1.165) is 19.4 Å². The van der Waals surface area contributed by atoms with Gasteiger partial charge in [0.15, 0.2) is 0 Å². The summed E-state index contributed by atoms with van der Waals surface area (Å²) in [5.74, 6) is -0.214. The zero-order chi connectivity index (χ0) is 11.0. The molecule has 0 rings (SSSR count). The Labute approximate surface area is 86.8 Å². The van der Waals surface area contributed by atoms with E-state index in [2.05, 4.69) is 6.92 Å². The highest BCUT2D eigenvalue weighted by atomic mass is 16.6. The van der Waals surface area contributed by atoms with Crippen molar-refractivity contribution in [1.82, 2.24) is 0 Å². The second-order valence-corrected chi connectivity index (χ2v) is 3.82. The summed E-state index contributed by atoms with van der Waals surface area (Å²) >= 11 is 0. The first-order chi connectivity index (χ1) is 6.57. The van der Waals surface area contributed by atoms with Crippen LogP contribution in [-0.2, 0) is 14.3 Å². The average Bonchev–Trinajstić information content (AvgIpc) is 2.14. The molecule has 1 atom stereocenters. The minimum atomic E-state index is -0.157. The van der Waals surface area contributed by atoms with Crippen molar-refractivity contribution in [3.8, 4) is 0 Å². The Morgan fingerprint density at radius 2 is 1.93 bits per heavy atom. The predicted molar refractivity (Wildman–Crippen MR) is 56.1 cm³/mol. The third-order valence-corrected chi connectivity index (χ3v) is 1.83. The molecule has 0 aromatic rings. The van der Waals surface area contributed by atoms with Gasteiger partial charge in [-0.05, 0) is 13.3 Å². The van der Waals surface area contributed by atoms with Crippen molar-refractivity contribution in [2.75, 3.05) is 13.2 Å². The average molecular weight is 202 g/mol. The smallest absolute Gasteiger partial charge is 0.308 e. The molecule has 0 aromatic carbocycles. The fourth-order valence-electron chi connectivity index (χ4n) is 0.843. The monoisotopic (exact) mass is 202 g/mol. The number of esters is 1. The lowest BCUT2D eigenvalue weighted by Crippen LogP contribution is -2.21. The van der Waals surface area contributed by atoms with Gasteiger partial charge in [-0.3, -0.25) is 4.79 Å². The second kappa shape index (κ2) is 7.80. The molecule has 0 spiro atoms. The van der Waals surface area contributed by atoms with Gasteiger partial charge in [0.25, 0.3) is 0 Å². The summed E-state index contributed by atoms with van der Waals surface area (Å²) in [5, 5.41) is 0. The minimum absolute atomic E-state index is 0.00394. The Bertz CT molecular complexity index is 155. The van der Waals surface area contributed by atoms with Crippen LogP contribution in [0.4, 0.5) is 0 Å². The van der Waals surface area contributed by atoms with Crippen LogP contribution in [0.15, 0.2) is 0 Å². The first-order valence-electron chi connectivity index (χ1n) is 5.36. The van der Waals surface area contributed by atoms with Crippen molar-refractivity contribution in [1.29, 1.82) is 0 Å².